The van der Waals surface area contributed by atoms with Crippen molar-refractivity contribution in [2.24, 2.45) is 7.05 Å². The molecule has 0 aliphatic carbocycles. The Hall–Kier alpha value is -1.93. The Labute approximate surface area is 129 Å². The second-order valence-electron chi connectivity index (χ2n) is 4.94. The SMILES string of the molecule is Cn1nc(Br)c2c(NCC(C)(O)c3ccco3)ncnc21. The maximum Gasteiger partial charge on any atom is 0.164 e. The largest absolute Gasteiger partial charge is 0.466 e. The van der Waals surface area contributed by atoms with E-state index >= 15 is 0 Å². The summed E-state index contributed by atoms with van der Waals surface area (Å²) in [6.07, 6.45) is 2.99. The number of nitrogens with zero attached hydrogens (tertiary/aromatic N) is 4. The van der Waals surface area contributed by atoms with Gasteiger partial charge in [-0.15, -0.1) is 0 Å². The quantitative estimate of drug-likeness (QED) is 0.747. The topological polar surface area (TPSA) is 89.0 Å². The minimum absolute atomic E-state index is 0.244. The number of furan rings is 1. The van der Waals surface area contributed by atoms with Gasteiger partial charge in [0.25, 0.3) is 0 Å². The molecule has 8 heteroatoms. The number of halogens is 1. The molecule has 0 spiro atoms. The second-order valence-corrected chi connectivity index (χ2v) is 5.69. The molecule has 1 unspecified atom stereocenters. The van der Waals surface area contributed by atoms with Crippen molar-refractivity contribution in [3.63, 3.8) is 0 Å². The Morgan fingerprint density at radius 1 is 1.48 bits per heavy atom. The van der Waals surface area contributed by atoms with Crippen LogP contribution in [0.15, 0.2) is 33.7 Å². The number of nitrogens with one attached hydrogen (secondary N) is 1. The van der Waals surface area contributed by atoms with Crippen LogP contribution in [0, 0.1) is 0 Å². The molecule has 0 radical (unpaired) electrons. The summed E-state index contributed by atoms with van der Waals surface area (Å²) in [6, 6.07) is 3.47. The van der Waals surface area contributed by atoms with E-state index in [0.29, 0.717) is 21.8 Å². The number of rotatable bonds is 4. The number of hydrogen-bond acceptors (Lipinski definition) is 6. The van der Waals surface area contributed by atoms with Gasteiger partial charge in [-0.25, -0.2) is 14.6 Å². The summed E-state index contributed by atoms with van der Waals surface area (Å²) in [4.78, 5) is 8.41. The van der Waals surface area contributed by atoms with E-state index in [0.717, 1.165) is 5.39 Å². The van der Waals surface area contributed by atoms with E-state index in [1.165, 1.54) is 12.6 Å². The minimum Gasteiger partial charge on any atom is -0.466 e. The van der Waals surface area contributed by atoms with Crippen LogP contribution in [0.25, 0.3) is 11.0 Å². The highest BCUT2D eigenvalue weighted by Gasteiger charge is 2.26. The predicted molar refractivity (Wildman–Crippen MR) is 80.8 cm³/mol. The molecule has 0 aliphatic heterocycles. The summed E-state index contributed by atoms with van der Waals surface area (Å²) in [7, 11) is 1.81. The zero-order valence-electron chi connectivity index (χ0n) is 11.5. The van der Waals surface area contributed by atoms with Gasteiger partial charge in [0.1, 0.15) is 28.1 Å². The monoisotopic (exact) mass is 351 g/mol. The van der Waals surface area contributed by atoms with E-state index < -0.39 is 5.60 Å². The van der Waals surface area contributed by atoms with E-state index in [9.17, 15) is 5.11 Å². The van der Waals surface area contributed by atoms with Gasteiger partial charge in [-0.3, -0.25) is 0 Å². The number of hydrogen-bond donors (Lipinski definition) is 2. The summed E-state index contributed by atoms with van der Waals surface area (Å²) in [5, 5.41) is 18.6. The van der Waals surface area contributed by atoms with Gasteiger partial charge in [0.2, 0.25) is 0 Å². The average Bonchev–Trinajstić information content (AvgIpc) is 3.07. The van der Waals surface area contributed by atoms with Crippen LogP contribution in [0.3, 0.4) is 0 Å². The first-order chi connectivity index (χ1) is 9.99. The van der Waals surface area contributed by atoms with E-state index in [4.69, 9.17) is 4.42 Å². The average molecular weight is 352 g/mol. The maximum absolute atomic E-state index is 10.5. The van der Waals surface area contributed by atoms with E-state index in [1.54, 1.807) is 23.7 Å². The molecule has 0 aliphatic rings. The number of aliphatic hydroxyl groups is 1. The van der Waals surface area contributed by atoms with E-state index in [-0.39, 0.29) is 6.54 Å². The third-order valence-corrected chi connectivity index (χ3v) is 3.79. The van der Waals surface area contributed by atoms with Crippen LogP contribution < -0.4 is 5.32 Å². The van der Waals surface area contributed by atoms with Crippen molar-refractivity contribution in [3.05, 3.63) is 35.1 Å². The lowest BCUT2D eigenvalue weighted by Gasteiger charge is -2.21. The van der Waals surface area contributed by atoms with Crippen molar-refractivity contribution in [2.45, 2.75) is 12.5 Å². The molecule has 21 heavy (non-hydrogen) atoms. The summed E-state index contributed by atoms with van der Waals surface area (Å²) in [6.45, 7) is 1.92. The van der Waals surface area contributed by atoms with Crippen LogP contribution in [-0.2, 0) is 12.6 Å². The van der Waals surface area contributed by atoms with Crippen molar-refractivity contribution < 1.29 is 9.52 Å². The highest BCUT2D eigenvalue weighted by atomic mass is 79.9. The molecule has 3 rings (SSSR count). The van der Waals surface area contributed by atoms with Crippen molar-refractivity contribution >= 4 is 32.8 Å². The van der Waals surface area contributed by atoms with E-state index in [1.807, 2.05) is 7.05 Å². The highest BCUT2D eigenvalue weighted by Crippen LogP contribution is 2.28. The minimum atomic E-state index is -1.14. The van der Waals surface area contributed by atoms with Crippen LogP contribution in [0.1, 0.15) is 12.7 Å². The smallest absolute Gasteiger partial charge is 0.164 e. The second kappa shape index (κ2) is 5.12. The Morgan fingerprint density at radius 2 is 2.29 bits per heavy atom. The molecular formula is C13H14BrN5O2. The summed E-state index contributed by atoms with van der Waals surface area (Å²) >= 11 is 3.39. The van der Waals surface area contributed by atoms with Gasteiger partial charge in [-0.05, 0) is 35.0 Å². The number of anilines is 1. The number of aromatic nitrogens is 4. The van der Waals surface area contributed by atoms with Crippen LogP contribution in [0.2, 0.25) is 0 Å². The molecule has 3 aromatic rings. The molecule has 0 aromatic carbocycles. The van der Waals surface area contributed by atoms with Gasteiger partial charge in [-0.2, -0.15) is 5.10 Å². The van der Waals surface area contributed by atoms with Gasteiger partial charge >= 0.3 is 0 Å². The first kappa shape index (κ1) is 14.0. The fourth-order valence-electron chi connectivity index (χ4n) is 2.10. The molecule has 1 atom stereocenters. The molecule has 0 saturated carbocycles. The molecule has 0 saturated heterocycles. The Morgan fingerprint density at radius 3 is 3.00 bits per heavy atom. The van der Waals surface area contributed by atoms with Crippen molar-refractivity contribution in [3.8, 4) is 0 Å². The number of aryl methyl sites for hydroxylation is 1. The lowest BCUT2D eigenvalue weighted by Crippen LogP contribution is -2.30. The van der Waals surface area contributed by atoms with Gasteiger partial charge in [-0.1, -0.05) is 0 Å². The molecule has 110 valence electrons. The number of fused-ring (bicyclic) bond motifs is 1. The fraction of sp³-hybridized carbons (Fsp3) is 0.308. The fourth-order valence-corrected chi connectivity index (χ4v) is 2.71. The maximum atomic E-state index is 10.5. The molecule has 7 nitrogen and oxygen atoms in total. The van der Waals surface area contributed by atoms with Crippen molar-refractivity contribution in [1.29, 1.82) is 0 Å². The molecular weight excluding hydrogens is 338 g/mol. The van der Waals surface area contributed by atoms with Gasteiger partial charge in [0.05, 0.1) is 18.2 Å². The summed E-state index contributed by atoms with van der Waals surface area (Å²) in [5.74, 6) is 1.09. The summed E-state index contributed by atoms with van der Waals surface area (Å²) in [5.41, 5.74) is -0.438. The molecule has 0 amide bonds. The van der Waals surface area contributed by atoms with Crippen LogP contribution in [0.4, 0.5) is 5.82 Å². The Kier molecular flexibility index (Phi) is 3.42. The summed E-state index contributed by atoms with van der Waals surface area (Å²) < 4.78 is 7.57. The van der Waals surface area contributed by atoms with Crippen LogP contribution in [0.5, 0.6) is 0 Å². The predicted octanol–water partition coefficient (Wildman–Crippen LogP) is 2.04. The molecule has 3 heterocycles. The van der Waals surface area contributed by atoms with Crippen LogP contribution in [-0.4, -0.2) is 31.4 Å². The standard InChI is InChI=1S/C13H14BrN5O2/c1-13(20,8-4-3-5-21-8)6-15-11-9-10(14)18-19(2)12(9)17-7-16-11/h3-5,7,20H,6H2,1-2H3,(H,15,16,17). The zero-order chi connectivity index (χ0) is 15.0. The molecule has 3 aromatic heterocycles. The lowest BCUT2D eigenvalue weighted by atomic mass is 10.0. The first-order valence-corrected chi connectivity index (χ1v) is 7.12. The third-order valence-electron chi connectivity index (χ3n) is 3.23. The Balaban J connectivity index is 1.89. The van der Waals surface area contributed by atoms with Gasteiger partial charge < -0.3 is 14.8 Å². The van der Waals surface area contributed by atoms with Crippen LogP contribution >= 0.6 is 15.9 Å². The normalized spacial score (nSPS) is 14.3. The van der Waals surface area contributed by atoms with Gasteiger partial charge in [0.15, 0.2) is 5.65 Å². The highest BCUT2D eigenvalue weighted by molar-refractivity contribution is 9.10. The van der Waals surface area contributed by atoms with E-state index in [2.05, 4.69) is 36.3 Å². The molecule has 0 fully saturated rings. The zero-order valence-corrected chi connectivity index (χ0v) is 13.1. The van der Waals surface area contributed by atoms with Crippen molar-refractivity contribution in [1.82, 2.24) is 19.7 Å². The molecule has 0 bridgehead atoms. The van der Waals surface area contributed by atoms with Gasteiger partial charge in [0, 0.05) is 7.05 Å². The Bertz CT molecular complexity index is 766. The first-order valence-electron chi connectivity index (χ1n) is 6.32. The van der Waals surface area contributed by atoms with Crippen molar-refractivity contribution in [2.75, 3.05) is 11.9 Å². The lowest BCUT2D eigenvalue weighted by molar-refractivity contribution is 0.0476. The third kappa shape index (κ3) is 2.52. The molecule has 2 N–H and O–H groups in total.